The van der Waals surface area contributed by atoms with Gasteiger partial charge in [-0.25, -0.2) is 13.2 Å². The average Bonchev–Trinajstić information content (AvgIpc) is 3.27. The summed E-state index contributed by atoms with van der Waals surface area (Å²) in [6.45, 7) is 23.5. The largest absolute Gasteiger partial charge is 0.512 e. The normalized spacial score (nSPS) is 43.0. The summed E-state index contributed by atoms with van der Waals surface area (Å²) in [7, 11) is 0. The second kappa shape index (κ2) is 14.0. The van der Waals surface area contributed by atoms with Crippen LogP contribution in [-0.4, -0.2) is 30.5 Å². The van der Waals surface area contributed by atoms with E-state index in [1.54, 1.807) is 0 Å². The minimum absolute atomic E-state index is 0. The van der Waals surface area contributed by atoms with E-state index < -0.39 is 13.6 Å². The molecule has 0 amide bonds. The van der Waals surface area contributed by atoms with Gasteiger partial charge in [0.05, 0.1) is 5.76 Å². The summed E-state index contributed by atoms with van der Waals surface area (Å²) < 4.78 is 29.6. The Hall–Kier alpha value is -1.30. The van der Waals surface area contributed by atoms with Crippen molar-refractivity contribution < 1.29 is 28.5 Å². The highest BCUT2D eigenvalue weighted by Crippen LogP contribution is 2.77. The standard InChI is InChI=1S/C30H48O.C2H3FO.C2H6.CH2F2.H2O/c1-19(2)20-11-14-27(5)17-18-29(7)21(25(20)27)9-10-23-28(6)15-13-24(31)26(3,4)22(28)12-16-30(23,29)8;3-1-2-4;1-2;2-1-3;/h13,20-23,25,31H,1,9-12,14-18H2,2-8H3;2H,1H2;1-2H3;1H2;1H2/t20-,21+,22-,23+,25+,27+,28-,29+,30+;;;;/m0..../s1. The topological polar surface area (TPSA) is 68.8 Å². The lowest BCUT2D eigenvalue weighted by atomic mass is 9.33. The molecule has 4 fully saturated rings. The van der Waals surface area contributed by atoms with E-state index in [0.717, 1.165) is 30.1 Å². The zero-order valence-corrected chi connectivity index (χ0v) is 27.5. The summed E-state index contributed by atoms with van der Waals surface area (Å²) in [5.74, 6) is 4.48. The molecule has 0 spiro atoms. The summed E-state index contributed by atoms with van der Waals surface area (Å²) in [6.07, 6.45) is 14.6. The summed E-state index contributed by atoms with van der Waals surface area (Å²) in [4.78, 5) is 8.80. The average molecular weight is 587 g/mol. The number of hydrogen-bond donors (Lipinski definition) is 1. The second-order valence-electron chi connectivity index (χ2n) is 14.8. The van der Waals surface area contributed by atoms with Crippen LogP contribution in [-0.2, 0) is 4.79 Å². The van der Waals surface area contributed by atoms with Crippen molar-refractivity contribution in [3.8, 4) is 0 Å². The lowest BCUT2D eigenvalue weighted by molar-refractivity contribution is -0.227. The maximum absolute atomic E-state index is 10.8. The number of allylic oxidation sites excluding steroid dienone is 3. The minimum Gasteiger partial charge on any atom is -0.512 e. The quantitative estimate of drug-likeness (QED) is 0.258. The smallest absolute Gasteiger partial charge is 0.229 e. The first-order valence-corrected chi connectivity index (χ1v) is 15.8. The molecule has 0 bridgehead atoms. The van der Waals surface area contributed by atoms with Crippen LogP contribution in [0.25, 0.3) is 0 Å². The zero-order chi connectivity index (χ0) is 30.7. The van der Waals surface area contributed by atoms with Crippen LogP contribution in [0, 0.1) is 56.7 Å². The first-order valence-electron chi connectivity index (χ1n) is 15.8. The SMILES string of the molecule is C=C(C)[C@@H]1CC[C@]2(C)CC[C@]3(C)[C@H](CC[C@@H]4[C@@]5(C)CC=C(O)C(C)(C)[C@@H]5CC[C@]43C)[C@@H]12.CC.FCF.O.O=CCF. The third-order valence-electron chi connectivity index (χ3n) is 13.1. The molecule has 5 aliphatic carbocycles. The molecule has 3 nitrogen and oxygen atoms in total. The first-order chi connectivity index (χ1) is 18.6. The van der Waals surface area contributed by atoms with Gasteiger partial charge in [-0.1, -0.05) is 67.5 Å². The van der Waals surface area contributed by atoms with E-state index in [2.05, 4.69) is 61.1 Å². The molecular formula is C35H61F3O3. The van der Waals surface area contributed by atoms with E-state index >= 15 is 0 Å². The molecule has 5 aliphatic rings. The second-order valence-corrected chi connectivity index (χ2v) is 14.8. The van der Waals surface area contributed by atoms with E-state index in [1.807, 2.05) is 13.8 Å². The molecule has 0 heterocycles. The van der Waals surface area contributed by atoms with Crippen LogP contribution in [0.4, 0.5) is 13.2 Å². The molecule has 0 unspecified atom stereocenters. The molecule has 4 saturated carbocycles. The van der Waals surface area contributed by atoms with Gasteiger partial charge >= 0.3 is 0 Å². The van der Waals surface area contributed by atoms with Crippen LogP contribution in [0.5, 0.6) is 0 Å². The van der Waals surface area contributed by atoms with Crippen molar-refractivity contribution in [1.82, 2.24) is 0 Å². The molecule has 0 aromatic rings. The fraction of sp³-hybridized carbons (Fsp3) is 0.857. The Labute approximate surface area is 249 Å². The molecule has 5 rings (SSSR count). The van der Waals surface area contributed by atoms with Gasteiger partial charge in [0.25, 0.3) is 0 Å². The summed E-state index contributed by atoms with van der Waals surface area (Å²) in [5.41, 5.74) is 3.10. The maximum Gasteiger partial charge on any atom is 0.229 e. The number of rotatable bonds is 2. The van der Waals surface area contributed by atoms with Gasteiger partial charge in [0.15, 0.2) is 6.29 Å². The lowest BCUT2D eigenvalue weighted by Crippen LogP contribution is -2.65. The van der Waals surface area contributed by atoms with Crippen LogP contribution in [0.3, 0.4) is 0 Å². The van der Waals surface area contributed by atoms with Crippen molar-refractivity contribution >= 4 is 6.29 Å². The number of aliphatic hydroxyl groups excluding tert-OH is 1. The highest BCUT2D eigenvalue weighted by Gasteiger charge is 2.69. The van der Waals surface area contributed by atoms with Gasteiger partial charge in [-0.3, -0.25) is 0 Å². The highest BCUT2D eigenvalue weighted by molar-refractivity contribution is 5.50. The van der Waals surface area contributed by atoms with E-state index in [0.29, 0.717) is 33.3 Å². The molecule has 0 saturated heterocycles. The van der Waals surface area contributed by atoms with E-state index in [9.17, 15) is 18.3 Å². The Morgan fingerprint density at radius 2 is 1.49 bits per heavy atom. The van der Waals surface area contributed by atoms with Crippen LogP contribution in [0.15, 0.2) is 24.0 Å². The molecule has 0 aromatic carbocycles. The Morgan fingerprint density at radius 3 is 2.00 bits per heavy atom. The van der Waals surface area contributed by atoms with Crippen LogP contribution in [0.2, 0.25) is 0 Å². The van der Waals surface area contributed by atoms with Crippen LogP contribution >= 0.6 is 0 Å². The predicted molar refractivity (Wildman–Crippen MR) is 165 cm³/mol. The first kappa shape index (κ1) is 37.7. The van der Waals surface area contributed by atoms with E-state index in [4.69, 9.17) is 4.79 Å². The van der Waals surface area contributed by atoms with Crippen molar-refractivity contribution in [2.75, 3.05) is 13.6 Å². The van der Waals surface area contributed by atoms with E-state index in [1.165, 1.54) is 56.9 Å². The Bertz CT molecular complexity index is 918. The van der Waals surface area contributed by atoms with Gasteiger partial charge in [0, 0.05) is 5.41 Å². The van der Waals surface area contributed by atoms with Crippen molar-refractivity contribution in [3.63, 3.8) is 0 Å². The molecule has 9 atom stereocenters. The van der Waals surface area contributed by atoms with Crippen LogP contribution in [0.1, 0.15) is 120 Å². The Kier molecular flexibility index (Phi) is 12.9. The zero-order valence-electron chi connectivity index (χ0n) is 27.5. The van der Waals surface area contributed by atoms with Crippen molar-refractivity contribution in [2.45, 2.75) is 120 Å². The predicted octanol–water partition coefficient (Wildman–Crippen LogP) is 9.95. The van der Waals surface area contributed by atoms with Gasteiger partial charge in [0.2, 0.25) is 6.93 Å². The minimum atomic E-state index is -1.75. The number of aliphatic hydroxyl groups is 1. The third kappa shape index (κ3) is 6.07. The van der Waals surface area contributed by atoms with Crippen LogP contribution < -0.4 is 0 Å². The molecule has 41 heavy (non-hydrogen) atoms. The molecule has 240 valence electrons. The molecule has 6 heteroatoms. The monoisotopic (exact) mass is 586 g/mol. The lowest BCUT2D eigenvalue weighted by Gasteiger charge is -2.72. The third-order valence-corrected chi connectivity index (χ3v) is 13.1. The fourth-order valence-corrected chi connectivity index (χ4v) is 11.1. The Morgan fingerprint density at radius 1 is 0.927 bits per heavy atom. The number of hydrogen-bond acceptors (Lipinski definition) is 2. The fourth-order valence-electron chi connectivity index (χ4n) is 11.1. The number of carbonyl (C=O) groups is 1. The molecule has 3 N–H and O–H groups in total. The van der Waals surface area contributed by atoms with Crippen molar-refractivity contribution in [3.05, 3.63) is 24.0 Å². The number of fused-ring (bicyclic) bond motifs is 7. The van der Waals surface area contributed by atoms with Gasteiger partial charge < -0.3 is 15.4 Å². The Balaban J connectivity index is 0.000000750. The number of halogens is 3. The van der Waals surface area contributed by atoms with Gasteiger partial charge in [0.1, 0.15) is 6.67 Å². The molecule has 0 aliphatic heterocycles. The number of carbonyl (C=O) groups excluding carboxylic acids is 1. The van der Waals surface area contributed by atoms with Gasteiger partial charge in [-0.15, -0.1) is 0 Å². The maximum atomic E-state index is 10.8. The summed E-state index contributed by atoms with van der Waals surface area (Å²) >= 11 is 0. The molecule has 0 aromatic heterocycles. The summed E-state index contributed by atoms with van der Waals surface area (Å²) in [6, 6.07) is 0. The number of alkyl halides is 3. The molecular weight excluding hydrogens is 525 g/mol. The van der Waals surface area contributed by atoms with Gasteiger partial charge in [-0.05, 0) is 122 Å². The van der Waals surface area contributed by atoms with Crippen molar-refractivity contribution in [1.29, 1.82) is 0 Å². The van der Waals surface area contributed by atoms with E-state index in [-0.39, 0.29) is 17.2 Å². The molecule has 0 radical (unpaired) electrons. The summed E-state index contributed by atoms with van der Waals surface area (Å²) in [5, 5.41) is 10.8. The highest BCUT2D eigenvalue weighted by atomic mass is 19.3. The van der Waals surface area contributed by atoms with Gasteiger partial charge in [-0.2, -0.15) is 0 Å². The number of aldehydes is 1. The van der Waals surface area contributed by atoms with Crippen molar-refractivity contribution in [2.24, 2.45) is 56.7 Å².